The average molecular weight is 251 g/mol. The van der Waals surface area contributed by atoms with Crippen LogP contribution in [0.15, 0.2) is 12.3 Å². The molecule has 3 N–H and O–H groups in total. The summed E-state index contributed by atoms with van der Waals surface area (Å²) in [6.45, 7) is 4.25. The highest BCUT2D eigenvalue weighted by molar-refractivity contribution is 5.98. The molecule has 1 atom stereocenters. The standard InChI is InChI=1S/C13H18FN3O/c1-13(2)5-3-4-10(13)17-12(18)9-6-8(14)7-16-11(9)15/h6-7,10H,3-5H2,1-2H3,(H2,15,16)(H,17,18). The van der Waals surface area contributed by atoms with Gasteiger partial charge >= 0.3 is 0 Å². The molecule has 5 heteroatoms. The minimum Gasteiger partial charge on any atom is -0.383 e. The lowest BCUT2D eigenvalue weighted by Gasteiger charge is -2.27. The van der Waals surface area contributed by atoms with Crippen LogP contribution < -0.4 is 11.1 Å². The molecule has 0 saturated heterocycles. The fraction of sp³-hybridized carbons (Fsp3) is 0.538. The van der Waals surface area contributed by atoms with E-state index >= 15 is 0 Å². The van der Waals surface area contributed by atoms with Crippen LogP contribution in [-0.2, 0) is 0 Å². The number of amides is 1. The Morgan fingerprint density at radius 2 is 2.33 bits per heavy atom. The highest BCUT2D eigenvalue weighted by Crippen LogP contribution is 2.37. The summed E-state index contributed by atoms with van der Waals surface area (Å²) in [5.41, 5.74) is 5.78. The van der Waals surface area contributed by atoms with Crippen LogP contribution in [0, 0.1) is 11.2 Å². The number of nitrogens with zero attached hydrogens (tertiary/aromatic N) is 1. The van der Waals surface area contributed by atoms with E-state index in [1.54, 1.807) is 0 Å². The van der Waals surface area contributed by atoms with Crippen molar-refractivity contribution in [2.45, 2.75) is 39.2 Å². The van der Waals surface area contributed by atoms with Gasteiger partial charge < -0.3 is 11.1 Å². The Morgan fingerprint density at radius 1 is 1.61 bits per heavy atom. The molecule has 1 unspecified atom stereocenters. The van der Waals surface area contributed by atoms with Crippen molar-refractivity contribution in [2.24, 2.45) is 5.41 Å². The SMILES string of the molecule is CC1(C)CCCC1NC(=O)c1cc(F)cnc1N. The number of nitrogens with one attached hydrogen (secondary N) is 1. The number of aromatic nitrogens is 1. The summed E-state index contributed by atoms with van der Waals surface area (Å²) in [4.78, 5) is 15.7. The average Bonchev–Trinajstić information content (AvgIpc) is 2.62. The first-order valence-electron chi connectivity index (χ1n) is 6.12. The molecular formula is C13H18FN3O. The molecule has 98 valence electrons. The van der Waals surface area contributed by atoms with Crippen molar-refractivity contribution >= 4 is 11.7 Å². The minimum atomic E-state index is -0.556. The monoisotopic (exact) mass is 251 g/mol. The lowest BCUT2D eigenvalue weighted by atomic mass is 9.87. The molecule has 2 rings (SSSR count). The molecule has 0 bridgehead atoms. The highest BCUT2D eigenvalue weighted by Gasteiger charge is 2.35. The van der Waals surface area contributed by atoms with Gasteiger partial charge in [0.1, 0.15) is 11.6 Å². The Balaban J connectivity index is 2.15. The molecule has 0 aliphatic heterocycles. The first kappa shape index (κ1) is 12.8. The van der Waals surface area contributed by atoms with Gasteiger partial charge in [0, 0.05) is 6.04 Å². The van der Waals surface area contributed by atoms with Crippen LogP contribution in [0.4, 0.5) is 10.2 Å². The Labute approximate surface area is 106 Å². The quantitative estimate of drug-likeness (QED) is 0.846. The second kappa shape index (κ2) is 4.55. The molecule has 0 spiro atoms. The maximum atomic E-state index is 13.1. The fourth-order valence-corrected chi connectivity index (χ4v) is 2.46. The Morgan fingerprint density at radius 3 is 2.94 bits per heavy atom. The number of hydrogen-bond acceptors (Lipinski definition) is 3. The van der Waals surface area contributed by atoms with Gasteiger partial charge in [-0.3, -0.25) is 4.79 Å². The van der Waals surface area contributed by atoms with Crippen LogP contribution in [0.3, 0.4) is 0 Å². The van der Waals surface area contributed by atoms with Gasteiger partial charge in [-0.25, -0.2) is 9.37 Å². The zero-order chi connectivity index (χ0) is 13.3. The highest BCUT2D eigenvalue weighted by atomic mass is 19.1. The first-order valence-corrected chi connectivity index (χ1v) is 6.12. The summed E-state index contributed by atoms with van der Waals surface area (Å²) < 4.78 is 13.1. The topological polar surface area (TPSA) is 68.0 Å². The molecule has 1 aliphatic rings. The molecule has 1 aromatic heterocycles. The number of rotatable bonds is 2. The molecule has 1 aromatic rings. The van der Waals surface area contributed by atoms with E-state index in [9.17, 15) is 9.18 Å². The number of nitrogen functional groups attached to an aromatic ring is 1. The maximum Gasteiger partial charge on any atom is 0.255 e. The van der Waals surface area contributed by atoms with E-state index < -0.39 is 5.82 Å². The number of halogens is 1. The van der Waals surface area contributed by atoms with E-state index in [2.05, 4.69) is 24.1 Å². The van der Waals surface area contributed by atoms with E-state index in [1.165, 1.54) is 0 Å². The smallest absolute Gasteiger partial charge is 0.255 e. The molecule has 1 saturated carbocycles. The minimum absolute atomic E-state index is 0.0599. The number of anilines is 1. The van der Waals surface area contributed by atoms with Gasteiger partial charge in [0.2, 0.25) is 0 Å². The molecular weight excluding hydrogens is 233 g/mol. The zero-order valence-electron chi connectivity index (χ0n) is 10.7. The van der Waals surface area contributed by atoms with E-state index in [4.69, 9.17) is 5.73 Å². The summed E-state index contributed by atoms with van der Waals surface area (Å²) in [6, 6.07) is 1.23. The van der Waals surface area contributed by atoms with E-state index in [1.807, 2.05) is 0 Å². The number of nitrogens with two attached hydrogens (primary N) is 1. The molecule has 18 heavy (non-hydrogen) atoms. The zero-order valence-corrected chi connectivity index (χ0v) is 10.7. The van der Waals surface area contributed by atoms with Gasteiger partial charge in [-0.1, -0.05) is 20.3 Å². The molecule has 1 fully saturated rings. The fourth-order valence-electron chi connectivity index (χ4n) is 2.46. The van der Waals surface area contributed by atoms with Crippen molar-refractivity contribution in [3.8, 4) is 0 Å². The molecule has 0 radical (unpaired) electrons. The lowest BCUT2D eigenvalue weighted by Crippen LogP contribution is -2.41. The normalized spacial score (nSPS) is 21.8. The third-order valence-electron chi connectivity index (χ3n) is 3.69. The van der Waals surface area contributed by atoms with Gasteiger partial charge in [-0.2, -0.15) is 0 Å². The molecule has 1 amide bonds. The van der Waals surface area contributed by atoms with Crippen LogP contribution in [0.2, 0.25) is 0 Å². The maximum absolute atomic E-state index is 13.1. The second-order valence-electron chi connectivity index (χ2n) is 5.49. The van der Waals surface area contributed by atoms with E-state index in [0.29, 0.717) is 0 Å². The number of pyridine rings is 1. The van der Waals surface area contributed by atoms with Crippen molar-refractivity contribution in [1.82, 2.24) is 10.3 Å². The number of hydrogen-bond donors (Lipinski definition) is 2. The Kier molecular flexibility index (Phi) is 3.24. The first-order chi connectivity index (χ1) is 8.40. The van der Waals surface area contributed by atoms with Gasteiger partial charge in [0.15, 0.2) is 0 Å². The van der Waals surface area contributed by atoms with Gasteiger partial charge in [-0.05, 0) is 24.3 Å². The Bertz CT molecular complexity index is 473. The van der Waals surface area contributed by atoms with Crippen molar-refractivity contribution < 1.29 is 9.18 Å². The van der Waals surface area contributed by atoms with Gasteiger partial charge in [0.05, 0.1) is 11.8 Å². The van der Waals surface area contributed by atoms with E-state index in [-0.39, 0.29) is 28.7 Å². The second-order valence-corrected chi connectivity index (χ2v) is 5.49. The van der Waals surface area contributed by atoms with E-state index in [0.717, 1.165) is 31.5 Å². The van der Waals surface area contributed by atoms with Crippen molar-refractivity contribution in [2.75, 3.05) is 5.73 Å². The van der Waals surface area contributed by atoms with Crippen molar-refractivity contribution in [3.05, 3.63) is 23.6 Å². The largest absolute Gasteiger partial charge is 0.383 e. The summed E-state index contributed by atoms with van der Waals surface area (Å²) in [7, 11) is 0. The van der Waals surface area contributed by atoms with Crippen LogP contribution in [-0.4, -0.2) is 16.9 Å². The lowest BCUT2D eigenvalue weighted by molar-refractivity contribution is 0.0910. The third kappa shape index (κ3) is 2.44. The predicted molar refractivity (Wildman–Crippen MR) is 67.5 cm³/mol. The Hall–Kier alpha value is -1.65. The summed E-state index contributed by atoms with van der Waals surface area (Å²) in [6.07, 6.45) is 4.12. The molecule has 1 heterocycles. The van der Waals surface area contributed by atoms with Crippen LogP contribution in [0.1, 0.15) is 43.5 Å². The molecule has 0 aromatic carbocycles. The molecule has 1 aliphatic carbocycles. The van der Waals surface area contributed by atoms with Crippen LogP contribution >= 0.6 is 0 Å². The van der Waals surface area contributed by atoms with Crippen LogP contribution in [0.5, 0.6) is 0 Å². The number of carbonyl (C=O) groups is 1. The van der Waals surface area contributed by atoms with Gasteiger partial charge in [0.25, 0.3) is 5.91 Å². The summed E-state index contributed by atoms with van der Waals surface area (Å²) in [5.74, 6) is -0.843. The van der Waals surface area contributed by atoms with Crippen LogP contribution in [0.25, 0.3) is 0 Å². The van der Waals surface area contributed by atoms with Crippen molar-refractivity contribution in [1.29, 1.82) is 0 Å². The summed E-state index contributed by atoms with van der Waals surface area (Å²) >= 11 is 0. The third-order valence-corrected chi connectivity index (χ3v) is 3.69. The van der Waals surface area contributed by atoms with Crippen molar-refractivity contribution in [3.63, 3.8) is 0 Å². The molecule has 4 nitrogen and oxygen atoms in total. The predicted octanol–water partition coefficient (Wildman–Crippen LogP) is 2.11. The number of carbonyl (C=O) groups excluding carboxylic acids is 1. The van der Waals surface area contributed by atoms with Gasteiger partial charge in [-0.15, -0.1) is 0 Å². The summed E-state index contributed by atoms with van der Waals surface area (Å²) in [5, 5.41) is 2.93.